The van der Waals surface area contributed by atoms with Crippen molar-refractivity contribution in [3.63, 3.8) is 0 Å². The van der Waals surface area contributed by atoms with Crippen molar-refractivity contribution in [3.8, 4) is 40.1 Å². The van der Waals surface area contributed by atoms with E-state index >= 15 is 0 Å². The van der Waals surface area contributed by atoms with E-state index in [-0.39, 0.29) is 21.7 Å². The topological polar surface area (TPSA) is 118 Å². The van der Waals surface area contributed by atoms with E-state index in [1.807, 2.05) is 24.8 Å². The highest BCUT2D eigenvalue weighted by Gasteiger charge is 2.37. The van der Waals surface area contributed by atoms with Gasteiger partial charge in [-0.05, 0) is 118 Å². The van der Waals surface area contributed by atoms with Crippen LogP contribution in [0.25, 0.3) is 106 Å². The minimum absolute atomic E-state index is 0.172. The molecule has 20 rings (SSSR count). The number of nitrogens with zero attached hydrogens (tertiary/aromatic N) is 11. The molecule has 11 heteroatoms. The standard InChI is InChI=1S/C77H71N11/c1-73(2,3)70-80-40-53(41-81-70)76(9,10)46-77(11)39-48-27-30-58-55-21-12-15-24-61(55)87(65(58)34-48)68-37-67(84-71(85-68)74(4,5)6)86-62-25-16-14-23-57(62)60-33-47(28-32-64(60)86)38-75(7,8)52-42-82-72(83-43-52)88-63-26-17-13-22-56(63)59-31-29-50(36-66(59)88)49-19-18-20-51(35-49)69-78-44-54(77)45-79-69/h12-37,40-45H,38-39,46H2,1-11H3. The van der Waals surface area contributed by atoms with Crippen LogP contribution in [0.1, 0.15) is 122 Å². The van der Waals surface area contributed by atoms with Crippen molar-refractivity contribution in [3.05, 3.63) is 234 Å². The molecule has 0 aliphatic carbocycles. The molecule has 7 aromatic heterocycles. The van der Waals surface area contributed by atoms with Crippen LogP contribution in [0.15, 0.2) is 195 Å². The van der Waals surface area contributed by atoms with E-state index in [4.69, 9.17) is 39.9 Å². The van der Waals surface area contributed by atoms with Gasteiger partial charge >= 0.3 is 0 Å². The number of hydrogen-bond donors (Lipinski definition) is 0. The van der Waals surface area contributed by atoms with Gasteiger partial charge in [0, 0.05) is 97.4 Å². The van der Waals surface area contributed by atoms with Gasteiger partial charge in [-0.2, -0.15) is 0 Å². The van der Waals surface area contributed by atoms with Crippen molar-refractivity contribution in [2.45, 2.75) is 122 Å². The highest BCUT2D eigenvalue weighted by atomic mass is 15.2. The molecule has 0 spiro atoms. The Balaban J connectivity index is 0.946. The summed E-state index contributed by atoms with van der Waals surface area (Å²) in [5.74, 6) is 4.50. The fourth-order valence-electron chi connectivity index (χ4n) is 14.0. The van der Waals surface area contributed by atoms with E-state index in [0.29, 0.717) is 18.2 Å². The Kier molecular flexibility index (Phi) is 12.4. The Morgan fingerprint density at radius 3 is 1.52 bits per heavy atom. The fraction of sp³-hybridized carbons (Fsp3) is 0.247. The fourth-order valence-corrected chi connectivity index (χ4v) is 14.0. The smallest absolute Gasteiger partial charge is 0.234 e. The summed E-state index contributed by atoms with van der Waals surface area (Å²) in [6, 6.07) is 57.4. The third kappa shape index (κ3) is 9.24. The molecule has 1 unspecified atom stereocenters. The molecule has 0 fully saturated rings. The SMILES string of the molecule is CC(C)(C)c1ncc(C(C)(C)CC2(C)Cc3ccc4c5ccccc5n(c4c3)-c3cc(nc(C(C)(C)C)n3)-n3c4ccccc4c4cc(ccc43)CC(C)(C)c3cnc(nc3)-n3c4ccccc4c4ccc(cc43)-c3cccc(c3)-c3ncc2cn3)cn1. The Bertz CT molecular complexity index is 5090. The largest absolute Gasteiger partial charge is 0.294 e. The molecule has 0 amide bonds. The van der Waals surface area contributed by atoms with Crippen molar-refractivity contribution in [2.75, 3.05) is 0 Å². The van der Waals surface area contributed by atoms with E-state index in [0.717, 1.165) is 130 Å². The molecule has 0 saturated carbocycles. The van der Waals surface area contributed by atoms with Gasteiger partial charge in [-0.25, -0.2) is 39.9 Å². The molecule has 13 heterocycles. The molecule has 6 aliphatic heterocycles. The second-order valence-corrected chi connectivity index (χ2v) is 28.2. The molecule has 0 radical (unpaired) electrons. The normalized spacial score (nSPS) is 15.5. The van der Waals surface area contributed by atoms with Crippen molar-refractivity contribution >= 4 is 65.4 Å². The van der Waals surface area contributed by atoms with E-state index in [1.54, 1.807) is 0 Å². The lowest BCUT2D eigenvalue weighted by atomic mass is 9.66. The molecular formula is C77H71N11. The first-order valence-corrected chi connectivity index (χ1v) is 30.7. The summed E-state index contributed by atoms with van der Waals surface area (Å²) >= 11 is 0. The van der Waals surface area contributed by atoms with E-state index in [1.165, 1.54) is 16.5 Å². The zero-order chi connectivity index (χ0) is 60.6. The number of aromatic nitrogens is 11. The lowest BCUT2D eigenvalue weighted by molar-refractivity contribution is 0.320. The first-order valence-electron chi connectivity index (χ1n) is 30.7. The van der Waals surface area contributed by atoms with Crippen LogP contribution in [-0.4, -0.2) is 53.6 Å². The third-order valence-electron chi connectivity index (χ3n) is 18.6. The van der Waals surface area contributed by atoms with Crippen LogP contribution in [0.5, 0.6) is 0 Å². The van der Waals surface area contributed by atoms with Gasteiger partial charge in [0.05, 0.1) is 33.1 Å². The van der Waals surface area contributed by atoms with Crippen LogP contribution in [0.4, 0.5) is 0 Å². The predicted octanol–water partition coefficient (Wildman–Crippen LogP) is 17.8. The van der Waals surface area contributed by atoms with Crippen molar-refractivity contribution in [1.82, 2.24) is 53.6 Å². The molecule has 434 valence electrons. The molecule has 88 heavy (non-hydrogen) atoms. The first kappa shape index (κ1) is 54.9. The molecule has 11 nitrogen and oxygen atoms in total. The molecule has 16 bridgehead atoms. The molecule has 0 N–H and O–H groups in total. The molecule has 6 aliphatic rings. The zero-order valence-corrected chi connectivity index (χ0v) is 52.0. The highest BCUT2D eigenvalue weighted by Crippen LogP contribution is 2.44. The number of hydrogen-bond acceptors (Lipinski definition) is 8. The van der Waals surface area contributed by atoms with Crippen LogP contribution in [0.3, 0.4) is 0 Å². The van der Waals surface area contributed by atoms with E-state index in [9.17, 15) is 0 Å². The Hall–Kier alpha value is -9.74. The number of rotatable bonds is 3. The summed E-state index contributed by atoms with van der Waals surface area (Å²) in [5, 5.41) is 6.93. The quantitative estimate of drug-likeness (QED) is 0.172. The number of para-hydroxylation sites is 3. The van der Waals surface area contributed by atoms with Crippen LogP contribution in [0.2, 0.25) is 0 Å². The van der Waals surface area contributed by atoms with Crippen LogP contribution < -0.4 is 0 Å². The van der Waals surface area contributed by atoms with Gasteiger partial charge in [-0.3, -0.25) is 13.7 Å². The van der Waals surface area contributed by atoms with Gasteiger partial charge in [0.25, 0.3) is 0 Å². The predicted molar refractivity (Wildman–Crippen MR) is 358 cm³/mol. The molecule has 14 aromatic rings. The Morgan fingerprint density at radius 2 is 0.886 bits per heavy atom. The van der Waals surface area contributed by atoms with E-state index in [2.05, 4.69) is 260 Å². The minimum Gasteiger partial charge on any atom is -0.294 e. The summed E-state index contributed by atoms with van der Waals surface area (Å²) in [6.45, 7) is 24.7. The second-order valence-electron chi connectivity index (χ2n) is 28.2. The average Bonchev–Trinajstić information content (AvgIpc) is 1.74. The van der Waals surface area contributed by atoms with Gasteiger partial charge in [-0.15, -0.1) is 0 Å². The van der Waals surface area contributed by atoms with Gasteiger partial charge in [0.1, 0.15) is 23.3 Å². The van der Waals surface area contributed by atoms with Crippen molar-refractivity contribution < 1.29 is 0 Å². The molecule has 7 aromatic carbocycles. The van der Waals surface area contributed by atoms with Crippen LogP contribution in [-0.2, 0) is 39.9 Å². The van der Waals surface area contributed by atoms with E-state index < -0.39 is 5.41 Å². The Morgan fingerprint density at radius 1 is 0.386 bits per heavy atom. The first-order chi connectivity index (χ1) is 42.2. The minimum atomic E-state index is -0.470. The maximum Gasteiger partial charge on any atom is 0.234 e. The highest BCUT2D eigenvalue weighted by molar-refractivity contribution is 6.12. The van der Waals surface area contributed by atoms with Gasteiger partial charge in [-0.1, -0.05) is 179 Å². The summed E-state index contributed by atoms with van der Waals surface area (Å²) in [5.41, 5.74) is 13.4. The average molecular weight is 1150 g/mol. The maximum atomic E-state index is 5.54. The zero-order valence-electron chi connectivity index (χ0n) is 52.0. The summed E-state index contributed by atoms with van der Waals surface area (Å²) in [6.07, 6.45) is 14.5. The van der Waals surface area contributed by atoms with Gasteiger partial charge in [0.2, 0.25) is 5.95 Å². The summed E-state index contributed by atoms with van der Waals surface area (Å²) in [7, 11) is 0. The third-order valence-corrected chi connectivity index (χ3v) is 18.6. The monoisotopic (exact) mass is 1150 g/mol. The molecule has 0 saturated heterocycles. The molecule has 1 atom stereocenters. The lowest BCUT2D eigenvalue weighted by Crippen LogP contribution is -2.35. The van der Waals surface area contributed by atoms with Crippen LogP contribution >= 0.6 is 0 Å². The summed E-state index contributed by atoms with van der Waals surface area (Å²) < 4.78 is 6.90. The van der Waals surface area contributed by atoms with Crippen LogP contribution in [0, 0.1) is 0 Å². The summed E-state index contributed by atoms with van der Waals surface area (Å²) in [4.78, 5) is 41.8. The Labute approximate surface area is 513 Å². The second kappa shape index (κ2) is 19.9. The molecular weight excluding hydrogens is 1080 g/mol. The van der Waals surface area contributed by atoms with Crippen molar-refractivity contribution in [2.24, 2.45) is 0 Å². The van der Waals surface area contributed by atoms with Gasteiger partial charge in [0.15, 0.2) is 5.82 Å². The number of benzene rings is 7. The maximum absolute atomic E-state index is 5.54. The van der Waals surface area contributed by atoms with Crippen molar-refractivity contribution in [1.29, 1.82) is 0 Å². The number of fused-ring (bicyclic) bond motifs is 5. The lowest BCUT2D eigenvalue weighted by Gasteiger charge is -2.38. The van der Waals surface area contributed by atoms with Gasteiger partial charge < -0.3 is 0 Å².